The Bertz CT molecular complexity index is 331. The molecule has 0 aromatic heterocycles. The number of hydrogen-bond acceptors (Lipinski definition) is 2. The second-order valence-corrected chi connectivity index (χ2v) is 7.48. The van der Waals surface area contributed by atoms with Crippen molar-refractivity contribution in [1.82, 2.24) is 4.90 Å². The summed E-state index contributed by atoms with van der Waals surface area (Å²) in [6, 6.07) is 0. The van der Waals surface area contributed by atoms with Gasteiger partial charge < -0.3 is 10.0 Å². The van der Waals surface area contributed by atoms with Crippen LogP contribution in [0.1, 0.15) is 78.1 Å². The Morgan fingerprint density at radius 1 is 0.952 bits per heavy atom. The summed E-state index contributed by atoms with van der Waals surface area (Å²) in [4.78, 5) is 14.4. The molecule has 21 heavy (non-hydrogen) atoms. The lowest BCUT2D eigenvalue weighted by Crippen LogP contribution is -2.47. The van der Waals surface area contributed by atoms with E-state index in [0.717, 1.165) is 45.3 Å². The van der Waals surface area contributed by atoms with Gasteiger partial charge in [-0.05, 0) is 44.2 Å². The molecule has 1 aliphatic heterocycles. The van der Waals surface area contributed by atoms with Gasteiger partial charge >= 0.3 is 5.97 Å². The summed E-state index contributed by atoms with van der Waals surface area (Å²) < 4.78 is 0. The number of carbonyl (C=O) groups is 1. The predicted molar refractivity (Wildman–Crippen MR) is 86.5 cm³/mol. The average Bonchev–Trinajstić information content (AvgIpc) is 2.75. The van der Waals surface area contributed by atoms with Gasteiger partial charge in [0.2, 0.25) is 0 Å². The minimum atomic E-state index is -0.549. The molecular formula is C18H33NO2. The van der Waals surface area contributed by atoms with Crippen LogP contribution in [0.2, 0.25) is 0 Å². The second kappa shape index (κ2) is 7.13. The summed E-state index contributed by atoms with van der Waals surface area (Å²) in [5, 5.41) is 9.81. The zero-order valence-electron chi connectivity index (χ0n) is 14.0. The van der Waals surface area contributed by atoms with Gasteiger partial charge in [0.05, 0.1) is 5.41 Å². The van der Waals surface area contributed by atoms with Crippen molar-refractivity contribution < 1.29 is 9.90 Å². The van der Waals surface area contributed by atoms with Crippen LogP contribution in [-0.4, -0.2) is 35.6 Å². The highest BCUT2D eigenvalue weighted by Crippen LogP contribution is 2.41. The molecule has 0 spiro atoms. The molecule has 1 heterocycles. The minimum absolute atomic E-state index is 0.463. The molecular weight excluding hydrogens is 262 g/mol. The van der Waals surface area contributed by atoms with Crippen molar-refractivity contribution in [2.24, 2.45) is 10.8 Å². The monoisotopic (exact) mass is 295 g/mol. The van der Waals surface area contributed by atoms with Crippen LogP contribution in [0.4, 0.5) is 0 Å². The zero-order chi connectivity index (χ0) is 15.3. The van der Waals surface area contributed by atoms with Crippen LogP contribution in [0.3, 0.4) is 0 Å². The van der Waals surface area contributed by atoms with Gasteiger partial charge in [-0.25, -0.2) is 0 Å². The van der Waals surface area contributed by atoms with E-state index in [-0.39, 0.29) is 0 Å². The van der Waals surface area contributed by atoms with Gasteiger partial charge in [0, 0.05) is 6.54 Å². The number of hydrogen-bond donors (Lipinski definition) is 1. The Morgan fingerprint density at radius 3 is 1.90 bits per heavy atom. The smallest absolute Gasteiger partial charge is 0.310 e. The summed E-state index contributed by atoms with van der Waals surface area (Å²) in [7, 11) is 0. The molecule has 122 valence electrons. The molecule has 0 aromatic carbocycles. The predicted octanol–water partition coefficient (Wildman–Crippen LogP) is 4.31. The van der Waals surface area contributed by atoms with Gasteiger partial charge in [0.25, 0.3) is 0 Å². The van der Waals surface area contributed by atoms with Gasteiger partial charge in [-0.1, -0.05) is 52.4 Å². The van der Waals surface area contributed by atoms with E-state index < -0.39 is 11.4 Å². The molecule has 1 saturated carbocycles. The van der Waals surface area contributed by atoms with Gasteiger partial charge in [-0.3, -0.25) is 4.79 Å². The van der Waals surface area contributed by atoms with Crippen LogP contribution in [-0.2, 0) is 4.79 Å². The number of rotatable bonds is 5. The summed E-state index contributed by atoms with van der Waals surface area (Å²) in [6.45, 7) is 7.59. The van der Waals surface area contributed by atoms with E-state index in [1.165, 1.54) is 38.5 Å². The summed E-state index contributed by atoms with van der Waals surface area (Å²) in [5.74, 6) is -0.549. The highest BCUT2D eigenvalue weighted by Gasteiger charge is 2.41. The number of likely N-dealkylation sites (tertiary alicyclic amines) is 1. The lowest BCUT2D eigenvalue weighted by molar-refractivity contribution is -0.151. The minimum Gasteiger partial charge on any atom is -0.481 e. The molecule has 1 aliphatic carbocycles. The number of carboxylic acid groups (broad SMARTS) is 1. The molecule has 1 N–H and O–H groups in total. The van der Waals surface area contributed by atoms with Crippen LogP contribution < -0.4 is 0 Å². The van der Waals surface area contributed by atoms with Gasteiger partial charge in [-0.2, -0.15) is 0 Å². The molecule has 3 heteroatoms. The number of aliphatic carboxylic acids is 1. The van der Waals surface area contributed by atoms with Crippen LogP contribution in [0.15, 0.2) is 0 Å². The van der Waals surface area contributed by atoms with Crippen molar-refractivity contribution in [1.29, 1.82) is 0 Å². The highest BCUT2D eigenvalue weighted by atomic mass is 16.4. The molecule has 3 nitrogen and oxygen atoms in total. The standard InChI is InChI=1S/C18H33NO2/c1-3-17(4-2)11-13-19(14-12-17)15-18(16(20)21)9-7-5-6-8-10-18/h3-15H2,1-2H3,(H,20,21). The molecule has 1 saturated heterocycles. The van der Waals surface area contributed by atoms with Crippen molar-refractivity contribution in [3.8, 4) is 0 Å². The molecule has 0 unspecified atom stereocenters. The molecule has 0 atom stereocenters. The fourth-order valence-electron chi connectivity index (χ4n) is 4.42. The third kappa shape index (κ3) is 3.80. The number of nitrogens with zero attached hydrogens (tertiary/aromatic N) is 1. The van der Waals surface area contributed by atoms with Crippen molar-refractivity contribution in [3.05, 3.63) is 0 Å². The fraction of sp³-hybridized carbons (Fsp3) is 0.944. The Balaban J connectivity index is 1.98. The first-order chi connectivity index (χ1) is 10.1. The van der Waals surface area contributed by atoms with E-state index in [2.05, 4.69) is 18.7 Å². The van der Waals surface area contributed by atoms with E-state index in [1.54, 1.807) is 0 Å². The number of piperidine rings is 1. The highest BCUT2D eigenvalue weighted by molar-refractivity contribution is 5.75. The van der Waals surface area contributed by atoms with Crippen LogP contribution in [0.25, 0.3) is 0 Å². The summed E-state index contributed by atoms with van der Waals surface area (Å²) in [6.07, 6.45) is 11.4. The first-order valence-electron chi connectivity index (χ1n) is 9.02. The molecule has 2 rings (SSSR count). The largest absolute Gasteiger partial charge is 0.481 e. The van der Waals surface area contributed by atoms with E-state index in [9.17, 15) is 9.90 Å². The maximum absolute atomic E-state index is 11.9. The van der Waals surface area contributed by atoms with Crippen LogP contribution in [0, 0.1) is 10.8 Å². The van der Waals surface area contributed by atoms with Crippen molar-refractivity contribution in [3.63, 3.8) is 0 Å². The normalized spacial score (nSPS) is 26.2. The van der Waals surface area contributed by atoms with E-state index in [0.29, 0.717) is 5.41 Å². The Morgan fingerprint density at radius 2 is 1.48 bits per heavy atom. The van der Waals surface area contributed by atoms with Crippen LogP contribution in [0.5, 0.6) is 0 Å². The molecule has 0 bridgehead atoms. The number of carboxylic acids is 1. The van der Waals surface area contributed by atoms with Crippen molar-refractivity contribution in [2.75, 3.05) is 19.6 Å². The maximum Gasteiger partial charge on any atom is 0.310 e. The molecule has 2 fully saturated rings. The second-order valence-electron chi connectivity index (χ2n) is 7.48. The zero-order valence-corrected chi connectivity index (χ0v) is 14.0. The van der Waals surface area contributed by atoms with Crippen molar-refractivity contribution in [2.45, 2.75) is 78.1 Å². The summed E-state index contributed by atoms with van der Waals surface area (Å²) in [5.41, 5.74) is 0.0608. The van der Waals surface area contributed by atoms with Gasteiger partial charge in [0.15, 0.2) is 0 Å². The lowest BCUT2D eigenvalue weighted by Gasteiger charge is -2.43. The SMILES string of the molecule is CCC1(CC)CCN(CC2(C(=O)O)CCCCCC2)CC1. The van der Waals surface area contributed by atoms with Gasteiger partial charge in [0.1, 0.15) is 0 Å². The Labute approximate surface area is 130 Å². The fourth-order valence-corrected chi connectivity index (χ4v) is 4.42. The Kier molecular flexibility index (Phi) is 5.70. The third-order valence-corrected chi connectivity index (χ3v) is 6.46. The topological polar surface area (TPSA) is 40.5 Å². The van der Waals surface area contributed by atoms with E-state index in [4.69, 9.17) is 0 Å². The first kappa shape index (κ1) is 16.8. The van der Waals surface area contributed by atoms with E-state index >= 15 is 0 Å². The van der Waals surface area contributed by atoms with Crippen molar-refractivity contribution >= 4 is 5.97 Å². The molecule has 2 aliphatic rings. The third-order valence-electron chi connectivity index (χ3n) is 6.46. The first-order valence-corrected chi connectivity index (χ1v) is 9.02. The average molecular weight is 295 g/mol. The molecule has 0 radical (unpaired) electrons. The molecule has 0 amide bonds. The Hall–Kier alpha value is -0.570. The van der Waals surface area contributed by atoms with Crippen LogP contribution >= 0.6 is 0 Å². The van der Waals surface area contributed by atoms with E-state index in [1.807, 2.05) is 0 Å². The van der Waals surface area contributed by atoms with Gasteiger partial charge in [-0.15, -0.1) is 0 Å². The molecule has 0 aromatic rings. The maximum atomic E-state index is 11.9. The summed E-state index contributed by atoms with van der Waals surface area (Å²) >= 11 is 0. The lowest BCUT2D eigenvalue weighted by atomic mass is 9.73. The quantitative estimate of drug-likeness (QED) is 0.768.